The van der Waals surface area contributed by atoms with E-state index in [9.17, 15) is 9.59 Å². The summed E-state index contributed by atoms with van der Waals surface area (Å²) in [6.07, 6.45) is 4.24. The molecule has 2 aliphatic rings. The number of carbonyl (C=O) groups is 2. The van der Waals surface area contributed by atoms with Crippen LogP contribution in [-0.4, -0.2) is 35.3 Å². The minimum absolute atomic E-state index is 0.00980. The van der Waals surface area contributed by atoms with Gasteiger partial charge in [-0.1, -0.05) is 43.7 Å². The van der Waals surface area contributed by atoms with Crippen molar-refractivity contribution in [1.29, 1.82) is 0 Å². The maximum Gasteiger partial charge on any atom is 0.318 e. The predicted octanol–water partition coefficient (Wildman–Crippen LogP) is 2.95. The highest BCUT2D eigenvalue weighted by Gasteiger charge is 2.50. The fourth-order valence-electron chi connectivity index (χ4n) is 3.85. The second-order valence-electron chi connectivity index (χ2n) is 6.63. The topological polar surface area (TPSA) is 46.6 Å². The molecule has 3 rings (SSSR count). The van der Waals surface area contributed by atoms with Gasteiger partial charge in [-0.15, -0.1) is 0 Å². The Balaban J connectivity index is 1.71. The van der Waals surface area contributed by atoms with Crippen LogP contribution in [-0.2, 0) is 20.9 Å². The second kappa shape index (κ2) is 7.26. The van der Waals surface area contributed by atoms with Crippen molar-refractivity contribution in [3.63, 3.8) is 0 Å². The zero-order valence-electron chi connectivity index (χ0n) is 13.7. The molecule has 4 nitrogen and oxygen atoms in total. The normalized spacial score (nSPS) is 27.2. The summed E-state index contributed by atoms with van der Waals surface area (Å²) in [5.74, 6) is -0.829. The number of piperidine rings is 1. The molecular formula is C19H25NO3. The molecule has 124 valence electrons. The highest BCUT2D eigenvalue weighted by atomic mass is 16.5. The van der Waals surface area contributed by atoms with E-state index in [1.54, 1.807) is 0 Å². The fraction of sp³-hybridized carbons (Fsp3) is 0.579. The molecule has 23 heavy (non-hydrogen) atoms. The van der Waals surface area contributed by atoms with Gasteiger partial charge in [-0.3, -0.25) is 14.5 Å². The first-order valence-corrected chi connectivity index (χ1v) is 8.69. The molecule has 1 aromatic carbocycles. The number of benzene rings is 1. The van der Waals surface area contributed by atoms with Crippen LogP contribution in [0, 0.1) is 5.92 Å². The summed E-state index contributed by atoms with van der Waals surface area (Å²) in [6.45, 7) is 3.29. The van der Waals surface area contributed by atoms with Crippen LogP contribution >= 0.6 is 0 Å². The first-order chi connectivity index (χ1) is 11.2. The molecule has 0 aromatic heterocycles. The number of fused-ring (bicyclic) bond motifs is 2. The number of nitrogens with zero attached hydrogens (tertiary/aromatic N) is 1. The van der Waals surface area contributed by atoms with E-state index in [0.29, 0.717) is 13.0 Å². The number of ketones is 1. The highest BCUT2D eigenvalue weighted by molar-refractivity contribution is 6.01. The van der Waals surface area contributed by atoms with Crippen molar-refractivity contribution in [2.75, 3.05) is 6.61 Å². The molecular weight excluding hydrogens is 290 g/mol. The largest absolute Gasteiger partial charge is 0.465 e. The van der Waals surface area contributed by atoms with Gasteiger partial charge in [0.15, 0.2) is 0 Å². The van der Waals surface area contributed by atoms with Crippen molar-refractivity contribution < 1.29 is 14.3 Å². The first kappa shape index (κ1) is 16.2. The molecule has 0 N–H and O–H groups in total. The van der Waals surface area contributed by atoms with Crippen LogP contribution in [0.5, 0.6) is 0 Å². The quantitative estimate of drug-likeness (QED) is 0.460. The summed E-state index contributed by atoms with van der Waals surface area (Å²) in [5.41, 5.74) is 1.23. The number of hydrogen-bond donors (Lipinski definition) is 0. The monoisotopic (exact) mass is 315 g/mol. The van der Waals surface area contributed by atoms with E-state index in [0.717, 1.165) is 32.2 Å². The van der Waals surface area contributed by atoms with E-state index in [2.05, 4.69) is 24.0 Å². The number of carbonyl (C=O) groups excluding carboxylic acids is 2. The third-order valence-electron chi connectivity index (χ3n) is 5.06. The van der Waals surface area contributed by atoms with E-state index in [1.165, 1.54) is 5.56 Å². The van der Waals surface area contributed by atoms with Gasteiger partial charge in [-0.2, -0.15) is 0 Å². The Morgan fingerprint density at radius 2 is 2.04 bits per heavy atom. The lowest BCUT2D eigenvalue weighted by Crippen LogP contribution is -2.51. The van der Waals surface area contributed by atoms with Gasteiger partial charge in [0, 0.05) is 25.0 Å². The molecule has 2 fully saturated rings. The molecule has 2 saturated heterocycles. The van der Waals surface area contributed by atoms with Crippen LogP contribution in [0.25, 0.3) is 0 Å². The smallest absolute Gasteiger partial charge is 0.318 e. The summed E-state index contributed by atoms with van der Waals surface area (Å²) in [4.78, 5) is 27.1. The van der Waals surface area contributed by atoms with E-state index in [4.69, 9.17) is 4.74 Å². The molecule has 0 unspecified atom stereocenters. The van der Waals surface area contributed by atoms with Crippen molar-refractivity contribution in [2.45, 2.75) is 57.7 Å². The summed E-state index contributed by atoms with van der Waals surface area (Å²) in [5, 5.41) is 0. The molecule has 0 aliphatic carbocycles. The zero-order valence-corrected chi connectivity index (χ0v) is 13.7. The molecule has 2 heterocycles. The molecule has 0 amide bonds. The SMILES string of the molecule is CCCCOC(=O)[C@H]1C(=O)C[C@@H]2CC[C@H]1N2Cc1ccccc1. The summed E-state index contributed by atoms with van der Waals surface area (Å²) >= 11 is 0. The second-order valence-corrected chi connectivity index (χ2v) is 6.63. The average Bonchev–Trinajstić information content (AvgIpc) is 2.82. The van der Waals surface area contributed by atoms with Gasteiger partial charge in [-0.25, -0.2) is 0 Å². The lowest BCUT2D eigenvalue weighted by molar-refractivity contribution is -0.157. The van der Waals surface area contributed by atoms with Crippen molar-refractivity contribution in [3.05, 3.63) is 35.9 Å². The number of Topliss-reactive ketones (excluding diaryl/α,β-unsaturated/α-hetero) is 1. The lowest BCUT2D eigenvalue weighted by Gasteiger charge is -2.38. The summed E-state index contributed by atoms with van der Waals surface area (Å²) < 4.78 is 5.36. The molecule has 4 heteroatoms. The number of esters is 1. The van der Waals surface area contributed by atoms with E-state index in [-0.39, 0.29) is 23.8 Å². The van der Waals surface area contributed by atoms with Crippen molar-refractivity contribution >= 4 is 11.8 Å². The summed E-state index contributed by atoms with van der Waals surface area (Å²) in [6, 6.07) is 10.6. The van der Waals surface area contributed by atoms with E-state index >= 15 is 0 Å². The van der Waals surface area contributed by atoms with Crippen molar-refractivity contribution in [3.8, 4) is 0 Å². The maximum atomic E-state index is 12.4. The van der Waals surface area contributed by atoms with Gasteiger partial charge in [-0.05, 0) is 24.8 Å². The first-order valence-electron chi connectivity index (χ1n) is 8.69. The van der Waals surface area contributed by atoms with Crippen LogP contribution in [0.2, 0.25) is 0 Å². The molecule has 0 radical (unpaired) electrons. The maximum absolute atomic E-state index is 12.4. The van der Waals surface area contributed by atoms with Crippen LogP contribution in [0.1, 0.15) is 44.6 Å². The van der Waals surface area contributed by atoms with E-state index in [1.807, 2.05) is 18.2 Å². The van der Waals surface area contributed by atoms with Crippen LogP contribution in [0.3, 0.4) is 0 Å². The Bertz CT molecular complexity index is 557. The Hall–Kier alpha value is -1.68. The van der Waals surface area contributed by atoms with Gasteiger partial charge < -0.3 is 4.74 Å². The Morgan fingerprint density at radius 3 is 2.78 bits per heavy atom. The number of ether oxygens (including phenoxy) is 1. The number of rotatable bonds is 6. The molecule has 2 bridgehead atoms. The number of unbranched alkanes of at least 4 members (excludes halogenated alkanes) is 1. The van der Waals surface area contributed by atoms with Crippen LogP contribution < -0.4 is 0 Å². The third-order valence-corrected chi connectivity index (χ3v) is 5.06. The van der Waals surface area contributed by atoms with Crippen molar-refractivity contribution in [2.24, 2.45) is 5.92 Å². The standard InChI is InChI=1S/C19H25NO3/c1-2-3-11-23-19(22)18-16-10-9-15(12-17(18)21)20(16)13-14-7-5-4-6-8-14/h4-8,15-16,18H,2-3,9-13H2,1H3/t15-,16+,18+/m0/s1. The van der Waals surface area contributed by atoms with Crippen LogP contribution in [0.4, 0.5) is 0 Å². The van der Waals surface area contributed by atoms with Crippen LogP contribution in [0.15, 0.2) is 30.3 Å². The van der Waals surface area contributed by atoms with Gasteiger partial charge >= 0.3 is 5.97 Å². The minimum Gasteiger partial charge on any atom is -0.465 e. The average molecular weight is 315 g/mol. The Morgan fingerprint density at radius 1 is 1.26 bits per heavy atom. The molecule has 0 spiro atoms. The zero-order chi connectivity index (χ0) is 16.2. The molecule has 2 aliphatic heterocycles. The fourth-order valence-corrected chi connectivity index (χ4v) is 3.85. The predicted molar refractivity (Wildman–Crippen MR) is 87.8 cm³/mol. The third kappa shape index (κ3) is 3.47. The van der Waals surface area contributed by atoms with Gasteiger partial charge in [0.1, 0.15) is 11.7 Å². The molecule has 3 atom stereocenters. The van der Waals surface area contributed by atoms with Gasteiger partial charge in [0.2, 0.25) is 0 Å². The lowest BCUT2D eigenvalue weighted by atomic mass is 9.88. The molecule has 1 aromatic rings. The highest BCUT2D eigenvalue weighted by Crippen LogP contribution is 2.39. The summed E-state index contributed by atoms with van der Waals surface area (Å²) in [7, 11) is 0. The van der Waals surface area contributed by atoms with Crippen molar-refractivity contribution in [1.82, 2.24) is 4.90 Å². The Labute approximate surface area is 137 Å². The number of hydrogen-bond acceptors (Lipinski definition) is 4. The van der Waals surface area contributed by atoms with Gasteiger partial charge in [0.25, 0.3) is 0 Å². The van der Waals surface area contributed by atoms with E-state index < -0.39 is 5.92 Å². The molecule has 0 saturated carbocycles. The Kier molecular flexibility index (Phi) is 5.11. The minimum atomic E-state index is -0.589. The van der Waals surface area contributed by atoms with Gasteiger partial charge in [0.05, 0.1) is 6.61 Å².